The van der Waals surface area contributed by atoms with Crippen LogP contribution in [0.4, 0.5) is 5.82 Å². The van der Waals surface area contributed by atoms with E-state index in [1.165, 1.54) is 4.57 Å². The third kappa shape index (κ3) is 1.67. The zero-order chi connectivity index (χ0) is 11.0. The monoisotopic (exact) mass is 241 g/mol. The fraction of sp³-hybridized carbons (Fsp3) is 0. The van der Waals surface area contributed by atoms with Crippen LogP contribution in [0.1, 0.15) is 2.74 Å². The molecule has 13 heavy (non-hydrogen) atoms. The van der Waals surface area contributed by atoms with Crippen LogP contribution >= 0.6 is 15.9 Å². The van der Waals surface area contributed by atoms with E-state index in [0.717, 1.165) is 0 Å². The molecule has 2 aromatic rings. The van der Waals surface area contributed by atoms with Crippen LogP contribution in [-0.2, 0) is 0 Å². The van der Waals surface area contributed by atoms with Gasteiger partial charge in [0.25, 0.3) is 0 Å². The Bertz CT molecular complexity index is 495. The molecule has 2 N–H and O–H groups in total. The van der Waals surface area contributed by atoms with Crippen molar-refractivity contribution >= 4 is 21.7 Å². The van der Waals surface area contributed by atoms with Gasteiger partial charge in [0.05, 0.1) is 1.37 Å². The van der Waals surface area contributed by atoms with Crippen molar-refractivity contribution in [1.29, 1.82) is 0 Å². The summed E-state index contributed by atoms with van der Waals surface area (Å²) < 4.78 is 16.7. The number of nitrogens with zero attached hydrogens (tertiary/aromatic N) is 4. The Hall–Kier alpha value is -1.43. The molecule has 0 radical (unpaired) electrons. The molecule has 0 saturated carbocycles. The van der Waals surface area contributed by atoms with Crippen LogP contribution in [0, 0.1) is 0 Å². The smallest absolute Gasteiger partial charge is 0.160 e. The van der Waals surface area contributed by atoms with Gasteiger partial charge in [0.1, 0.15) is 18.1 Å². The Labute approximate surface area is 85.6 Å². The Kier molecular flexibility index (Phi) is 1.47. The van der Waals surface area contributed by atoms with Gasteiger partial charge in [0.15, 0.2) is 5.82 Å². The fourth-order valence-electron chi connectivity index (χ4n) is 0.799. The van der Waals surface area contributed by atoms with E-state index in [-0.39, 0.29) is 18.3 Å². The van der Waals surface area contributed by atoms with E-state index in [0.29, 0.717) is 10.4 Å². The van der Waals surface area contributed by atoms with E-state index in [1.54, 1.807) is 12.1 Å². The Morgan fingerprint density at radius 3 is 2.85 bits per heavy atom. The highest BCUT2D eigenvalue weighted by atomic mass is 79.9. The van der Waals surface area contributed by atoms with Crippen LogP contribution in [0.3, 0.4) is 0 Å². The number of anilines is 1. The summed E-state index contributed by atoms with van der Waals surface area (Å²) in [6.07, 6.45) is -0.0231. The van der Waals surface area contributed by atoms with Crippen molar-refractivity contribution in [3.05, 3.63) is 29.2 Å². The molecule has 0 saturated heterocycles. The fourth-order valence-corrected chi connectivity index (χ4v) is 1.06. The standard InChI is InChI=1S/C7H6BrN5/c8-5-3-13(4-10-5)7-2-1-6(9)11-12-7/h1-4H,(H2,9,11)/i3D,4D. The third-order valence-electron chi connectivity index (χ3n) is 1.35. The molecule has 0 aromatic carbocycles. The largest absolute Gasteiger partial charge is 0.382 e. The highest BCUT2D eigenvalue weighted by molar-refractivity contribution is 9.10. The summed E-state index contributed by atoms with van der Waals surface area (Å²) in [7, 11) is 0. The van der Waals surface area contributed by atoms with Crippen molar-refractivity contribution in [3.8, 4) is 5.82 Å². The number of halogens is 1. The van der Waals surface area contributed by atoms with Gasteiger partial charge >= 0.3 is 0 Å². The van der Waals surface area contributed by atoms with Gasteiger partial charge in [0.2, 0.25) is 0 Å². The molecule has 66 valence electrons. The lowest BCUT2D eigenvalue weighted by Gasteiger charge is -1.98. The first-order chi connectivity index (χ1) is 7.09. The van der Waals surface area contributed by atoms with Gasteiger partial charge in [0, 0.05) is 6.17 Å². The SMILES string of the molecule is [2H]c1nc(Br)c([2H])n1-c1ccc(N)nn1. The lowest BCUT2D eigenvalue weighted by atomic mass is 10.5. The number of imidazole rings is 1. The van der Waals surface area contributed by atoms with E-state index < -0.39 is 0 Å². The molecule has 0 spiro atoms. The Balaban J connectivity index is 2.58. The molecule has 0 fully saturated rings. The first-order valence-corrected chi connectivity index (χ1v) is 4.20. The summed E-state index contributed by atoms with van der Waals surface area (Å²) in [4.78, 5) is 3.77. The molecule has 2 aromatic heterocycles. The maximum atomic E-state index is 7.64. The Morgan fingerprint density at radius 2 is 2.31 bits per heavy atom. The van der Waals surface area contributed by atoms with Crippen LogP contribution in [0.2, 0.25) is 0 Å². The maximum Gasteiger partial charge on any atom is 0.160 e. The van der Waals surface area contributed by atoms with Crippen molar-refractivity contribution in [1.82, 2.24) is 19.7 Å². The molecule has 6 heteroatoms. The molecule has 0 aliphatic rings. The van der Waals surface area contributed by atoms with E-state index in [4.69, 9.17) is 8.48 Å². The van der Waals surface area contributed by atoms with Crippen molar-refractivity contribution in [3.63, 3.8) is 0 Å². The Morgan fingerprint density at radius 1 is 1.46 bits per heavy atom. The highest BCUT2D eigenvalue weighted by Crippen LogP contribution is 2.09. The minimum atomic E-state index is -0.0778. The molecule has 0 amide bonds. The van der Waals surface area contributed by atoms with Gasteiger partial charge in [-0.05, 0) is 28.1 Å². The second-order valence-electron chi connectivity index (χ2n) is 2.27. The van der Waals surface area contributed by atoms with Gasteiger partial charge < -0.3 is 5.73 Å². The molecule has 0 aliphatic heterocycles. The van der Waals surface area contributed by atoms with Crippen LogP contribution in [0.15, 0.2) is 29.2 Å². The molecule has 0 bridgehead atoms. The molecule has 2 rings (SSSR count). The summed E-state index contributed by atoms with van der Waals surface area (Å²) in [6, 6.07) is 3.13. The van der Waals surface area contributed by atoms with E-state index in [9.17, 15) is 0 Å². The second-order valence-corrected chi connectivity index (χ2v) is 3.02. The quantitative estimate of drug-likeness (QED) is 0.810. The molecule has 2 heterocycles. The van der Waals surface area contributed by atoms with Gasteiger partial charge in [-0.2, -0.15) is 0 Å². The second kappa shape index (κ2) is 3.14. The summed E-state index contributed by atoms with van der Waals surface area (Å²) in [5.74, 6) is 0.633. The predicted molar refractivity (Wildman–Crippen MR) is 51.3 cm³/mol. The first-order valence-electron chi connectivity index (χ1n) is 4.40. The maximum absolute atomic E-state index is 7.64. The number of nitrogen functional groups attached to an aromatic ring is 1. The first kappa shape index (κ1) is 6.09. The number of hydrogen-bond donors (Lipinski definition) is 1. The lowest BCUT2D eigenvalue weighted by molar-refractivity contribution is 0.918. The topological polar surface area (TPSA) is 69.6 Å². The number of nitrogens with two attached hydrogens (primary N) is 1. The average Bonchev–Trinajstić information content (AvgIpc) is 2.44. The summed E-state index contributed by atoms with van der Waals surface area (Å²) in [6.45, 7) is 0. The summed E-state index contributed by atoms with van der Waals surface area (Å²) in [5.41, 5.74) is 5.38. The summed E-state index contributed by atoms with van der Waals surface area (Å²) >= 11 is 3.07. The molecule has 0 atom stereocenters. The molecule has 0 aliphatic carbocycles. The normalized spacial score (nSPS) is 12.4. The van der Waals surface area contributed by atoms with Crippen molar-refractivity contribution < 1.29 is 2.74 Å². The molecular weight excluding hydrogens is 234 g/mol. The minimum absolute atomic E-state index is 0.0547. The van der Waals surface area contributed by atoms with Gasteiger partial charge in [-0.25, -0.2) is 4.98 Å². The molecule has 0 unspecified atom stereocenters. The zero-order valence-corrected chi connectivity index (χ0v) is 7.98. The van der Waals surface area contributed by atoms with Crippen molar-refractivity contribution in [2.75, 3.05) is 5.73 Å². The molecule has 5 nitrogen and oxygen atoms in total. The van der Waals surface area contributed by atoms with E-state index in [1.807, 2.05) is 0 Å². The lowest BCUT2D eigenvalue weighted by Crippen LogP contribution is -1.98. The third-order valence-corrected chi connectivity index (χ3v) is 1.71. The zero-order valence-electron chi connectivity index (χ0n) is 8.40. The van der Waals surface area contributed by atoms with E-state index >= 15 is 0 Å². The van der Waals surface area contributed by atoms with Gasteiger partial charge in [-0.3, -0.25) is 4.57 Å². The predicted octanol–water partition coefficient (Wildman–Crippen LogP) is 1.01. The summed E-state index contributed by atoms with van der Waals surface area (Å²) in [5, 5.41) is 7.41. The van der Waals surface area contributed by atoms with Gasteiger partial charge in [-0.1, -0.05) is 0 Å². The minimum Gasteiger partial charge on any atom is -0.382 e. The average molecular weight is 242 g/mol. The van der Waals surface area contributed by atoms with Gasteiger partial charge in [-0.15, -0.1) is 10.2 Å². The molecular formula is C7H6BrN5. The van der Waals surface area contributed by atoms with E-state index in [2.05, 4.69) is 31.1 Å². The number of rotatable bonds is 1. The van der Waals surface area contributed by atoms with Crippen molar-refractivity contribution in [2.45, 2.75) is 0 Å². The van der Waals surface area contributed by atoms with Crippen molar-refractivity contribution in [2.24, 2.45) is 0 Å². The highest BCUT2D eigenvalue weighted by Gasteiger charge is 1.99. The van der Waals surface area contributed by atoms with Crippen LogP contribution in [-0.4, -0.2) is 19.7 Å². The van der Waals surface area contributed by atoms with Crippen LogP contribution < -0.4 is 5.73 Å². The number of aromatic nitrogens is 4. The van der Waals surface area contributed by atoms with Crippen LogP contribution in [0.25, 0.3) is 5.82 Å². The number of hydrogen-bond acceptors (Lipinski definition) is 4. The van der Waals surface area contributed by atoms with Crippen LogP contribution in [0.5, 0.6) is 0 Å².